The Morgan fingerprint density at radius 1 is 1.12 bits per heavy atom. The van der Waals surface area contributed by atoms with Gasteiger partial charge >= 0.3 is 0 Å². The number of aryl methyl sites for hydroxylation is 1. The number of carbonyl (C=O) groups is 1. The van der Waals surface area contributed by atoms with Gasteiger partial charge in [-0.1, -0.05) is 23.8 Å². The van der Waals surface area contributed by atoms with Crippen LogP contribution in [0.2, 0.25) is 0 Å². The molecule has 0 aliphatic heterocycles. The molecule has 2 aromatic carbocycles. The Morgan fingerprint density at radius 3 is 2.68 bits per heavy atom. The third-order valence-corrected chi connectivity index (χ3v) is 3.72. The van der Waals surface area contributed by atoms with Gasteiger partial charge in [-0.3, -0.25) is 4.79 Å². The van der Waals surface area contributed by atoms with Crippen molar-refractivity contribution in [3.8, 4) is 22.8 Å². The summed E-state index contributed by atoms with van der Waals surface area (Å²) in [5, 5.41) is 2.80. The molecule has 1 amide bonds. The number of hydrogen-bond acceptors (Lipinski definition) is 5. The first-order valence-corrected chi connectivity index (χ1v) is 7.66. The minimum Gasteiger partial charge on any atom is -0.497 e. The number of nitrogens with zero attached hydrogens (tertiary/aromatic N) is 1. The number of anilines is 1. The number of oxazole rings is 1. The Kier molecular flexibility index (Phi) is 4.70. The zero-order valence-corrected chi connectivity index (χ0v) is 14.2. The first-order valence-electron chi connectivity index (χ1n) is 7.66. The first-order chi connectivity index (χ1) is 12.1. The van der Waals surface area contributed by atoms with Gasteiger partial charge in [0, 0.05) is 11.6 Å². The zero-order chi connectivity index (χ0) is 17.8. The average Bonchev–Trinajstić information content (AvgIpc) is 3.12. The van der Waals surface area contributed by atoms with Gasteiger partial charge in [0.1, 0.15) is 11.5 Å². The zero-order valence-electron chi connectivity index (χ0n) is 14.2. The maximum Gasteiger partial charge on any atom is 0.278 e. The van der Waals surface area contributed by atoms with Crippen LogP contribution in [0.5, 0.6) is 11.5 Å². The Balaban J connectivity index is 1.90. The lowest BCUT2D eigenvalue weighted by atomic mass is 10.1. The van der Waals surface area contributed by atoms with Gasteiger partial charge in [-0.15, -0.1) is 0 Å². The second-order valence-corrected chi connectivity index (χ2v) is 5.42. The molecule has 6 nitrogen and oxygen atoms in total. The van der Waals surface area contributed by atoms with Crippen LogP contribution in [0.25, 0.3) is 11.3 Å². The monoisotopic (exact) mass is 338 g/mol. The maximum atomic E-state index is 12.7. The molecule has 128 valence electrons. The molecule has 0 saturated carbocycles. The standard InChI is InChI=1S/C19H18N2O4/c1-12-5-4-6-13(9-12)18-17(20-11-25-18)19(22)21-15-8-7-14(23-2)10-16(15)24-3/h4-11H,1-3H3,(H,21,22). The molecular formula is C19H18N2O4. The van der Waals surface area contributed by atoms with Gasteiger partial charge in [0.15, 0.2) is 17.8 Å². The third kappa shape index (κ3) is 3.47. The lowest BCUT2D eigenvalue weighted by Crippen LogP contribution is -2.14. The van der Waals surface area contributed by atoms with Crippen LogP contribution < -0.4 is 14.8 Å². The minimum atomic E-state index is -0.381. The van der Waals surface area contributed by atoms with Crippen LogP contribution >= 0.6 is 0 Å². The van der Waals surface area contributed by atoms with Gasteiger partial charge in [-0.05, 0) is 25.1 Å². The third-order valence-electron chi connectivity index (χ3n) is 3.72. The quantitative estimate of drug-likeness (QED) is 0.763. The van der Waals surface area contributed by atoms with Crippen LogP contribution in [-0.2, 0) is 0 Å². The van der Waals surface area contributed by atoms with Crippen molar-refractivity contribution >= 4 is 11.6 Å². The van der Waals surface area contributed by atoms with Crippen molar-refractivity contribution in [2.45, 2.75) is 6.92 Å². The summed E-state index contributed by atoms with van der Waals surface area (Å²) in [6.45, 7) is 1.97. The second-order valence-electron chi connectivity index (χ2n) is 5.42. The number of benzene rings is 2. The molecule has 0 radical (unpaired) electrons. The van der Waals surface area contributed by atoms with E-state index in [2.05, 4.69) is 10.3 Å². The number of rotatable bonds is 5. The van der Waals surface area contributed by atoms with Crippen LogP contribution in [0.3, 0.4) is 0 Å². The molecule has 0 unspecified atom stereocenters. The summed E-state index contributed by atoms with van der Waals surface area (Å²) >= 11 is 0. The fourth-order valence-electron chi connectivity index (χ4n) is 2.48. The van der Waals surface area contributed by atoms with Crippen LogP contribution in [-0.4, -0.2) is 25.1 Å². The lowest BCUT2D eigenvalue weighted by Gasteiger charge is -2.11. The molecule has 1 heterocycles. The summed E-state index contributed by atoms with van der Waals surface area (Å²) in [5.74, 6) is 1.17. The van der Waals surface area contributed by atoms with Crippen LogP contribution in [0.4, 0.5) is 5.69 Å². The topological polar surface area (TPSA) is 73.6 Å². The average molecular weight is 338 g/mol. The fraction of sp³-hybridized carbons (Fsp3) is 0.158. The van der Waals surface area contributed by atoms with E-state index >= 15 is 0 Å². The minimum absolute atomic E-state index is 0.212. The number of nitrogens with one attached hydrogen (secondary N) is 1. The van der Waals surface area contributed by atoms with E-state index < -0.39 is 0 Å². The predicted octanol–water partition coefficient (Wildman–Crippen LogP) is 3.92. The molecular weight excluding hydrogens is 320 g/mol. The van der Waals surface area contributed by atoms with Gasteiger partial charge in [0.2, 0.25) is 0 Å². The lowest BCUT2D eigenvalue weighted by molar-refractivity contribution is 0.102. The van der Waals surface area contributed by atoms with Crippen molar-refractivity contribution in [3.63, 3.8) is 0 Å². The molecule has 0 spiro atoms. The number of hydrogen-bond donors (Lipinski definition) is 1. The van der Waals surface area contributed by atoms with Crippen molar-refractivity contribution in [1.29, 1.82) is 0 Å². The predicted molar refractivity (Wildman–Crippen MR) is 94.2 cm³/mol. The summed E-state index contributed by atoms with van der Waals surface area (Å²) in [6, 6.07) is 12.8. The van der Waals surface area contributed by atoms with E-state index in [0.717, 1.165) is 11.1 Å². The maximum absolute atomic E-state index is 12.7. The number of aromatic nitrogens is 1. The van der Waals surface area contributed by atoms with E-state index in [0.29, 0.717) is 22.9 Å². The Morgan fingerprint density at radius 2 is 1.96 bits per heavy atom. The summed E-state index contributed by atoms with van der Waals surface area (Å²) in [5.41, 5.74) is 2.59. The van der Waals surface area contributed by atoms with Crippen molar-refractivity contribution < 1.29 is 18.7 Å². The molecule has 0 aliphatic carbocycles. The van der Waals surface area contributed by atoms with Crippen molar-refractivity contribution in [1.82, 2.24) is 4.98 Å². The van der Waals surface area contributed by atoms with Crippen LogP contribution in [0.1, 0.15) is 16.1 Å². The van der Waals surface area contributed by atoms with Gasteiger partial charge < -0.3 is 19.2 Å². The van der Waals surface area contributed by atoms with Gasteiger partial charge in [0.25, 0.3) is 5.91 Å². The Bertz CT molecular complexity index is 902. The summed E-state index contributed by atoms with van der Waals surface area (Å²) in [4.78, 5) is 16.7. The van der Waals surface area contributed by atoms with Crippen molar-refractivity contribution in [2.24, 2.45) is 0 Å². The highest BCUT2D eigenvalue weighted by molar-refractivity contribution is 6.07. The van der Waals surface area contributed by atoms with E-state index in [-0.39, 0.29) is 11.6 Å². The van der Waals surface area contributed by atoms with Gasteiger partial charge in [-0.25, -0.2) is 4.98 Å². The number of amides is 1. The molecule has 3 rings (SSSR count). The van der Waals surface area contributed by atoms with E-state index in [1.54, 1.807) is 25.3 Å². The highest BCUT2D eigenvalue weighted by atomic mass is 16.5. The highest BCUT2D eigenvalue weighted by Gasteiger charge is 2.20. The molecule has 0 aliphatic rings. The summed E-state index contributed by atoms with van der Waals surface area (Å²) in [7, 11) is 3.09. The van der Waals surface area contributed by atoms with E-state index in [9.17, 15) is 4.79 Å². The molecule has 1 aromatic heterocycles. The normalized spacial score (nSPS) is 10.4. The number of ether oxygens (including phenoxy) is 2. The second kappa shape index (κ2) is 7.09. The van der Waals surface area contributed by atoms with Crippen LogP contribution in [0.15, 0.2) is 53.3 Å². The largest absolute Gasteiger partial charge is 0.497 e. The number of methoxy groups -OCH3 is 2. The molecule has 6 heteroatoms. The molecule has 25 heavy (non-hydrogen) atoms. The molecule has 0 atom stereocenters. The molecule has 0 bridgehead atoms. The Labute approximate surface area is 145 Å². The highest BCUT2D eigenvalue weighted by Crippen LogP contribution is 2.30. The van der Waals surface area contributed by atoms with E-state index in [4.69, 9.17) is 13.9 Å². The molecule has 3 aromatic rings. The fourth-order valence-corrected chi connectivity index (χ4v) is 2.48. The van der Waals surface area contributed by atoms with Gasteiger partial charge in [0.05, 0.1) is 19.9 Å². The van der Waals surface area contributed by atoms with Gasteiger partial charge in [-0.2, -0.15) is 0 Å². The van der Waals surface area contributed by atoms with Crippen molar-refractivity contribution in [2.75, 3.05) is 19.5 Å². The Hall–Kier alpha value is -3.28. The van der Waals surface area contributed by atoms with E-state index in [1.807, 2.05) is 31.2 Å². The van der Waals surface area contributed by atoms with Crippen LogP contribution in [0, 0.1) is 6.92 Å². The van der Waals surface area contributed by atoms with Crippen molar-refractivity contribution in [3.05, 3.63) is 60.1 Å². The number of carbonyl (C=O) groups excluding carboxylic acids is 1. The molecule has 0 fully saturated rings. The molecule has 1 N–H and O–H groups in total. The first kappa shape index (κ1) is 16.6. The SMILES string of the molecule is COc1ccc(NC(=O)c2ncoc2-c2cccc(C)c2)c(OC)c1. The summed E-state index contributed by atoms with van der Waals surface area (Å²) in [6.07, 6.45) is 1.26. The smallest absolute Gasteiger partial charge is 0.278 e. The van der Waals surface area contributed by atoms with E-state index in [1.165, 1.54) is 13.5 Å². The summed E-state index contributed by atoms with van der Waals surface area (Å²) < 4.78 is 15.9. The molecule has 0 saturated heterocycles.